The molecule has 4 aliphatic carbocycles. The molecule has 0 saturated heterocycles. The van der Waals surface area contributed by atoms with Crippen LogP contribution in [-0.2, 0) is 38.1 Å². The lowest BCUT2D eigenvalue weighted by molar-refractivity contribution is -0.225. The van der Waals surface area contributed by atoms with Gasteiger partial charge in [-0.1, -0.05) is 20.8 Å². The maximum Gasteiger partial charge on any atom is 0.307 e. The van der Waals surface area contributed by atoms with E-state index in [-0.39, 0.29) is 127 Å². The van der Waals surface area contributed by atoms with Crippen LogP contribution in [0.3, 0.4) is 0 Å². The summed E-state index contributed by atoms with van der Waals surface area (Å²) in [5.41, 5.74) is 16.6. The van der Waals surface area contributed by atoms with Crippen LogP contribution in [0.15, 0.2) is 0 Å². The molecular weight excluding hydrogens is 578 g/mol. The number of hydrogen-bond donors (Lipinski definition) is 3. The lowest BCUT2D eigenvalue weighted by Crippen LogP contribution is -2.63. The fraction of sp³-hybridized carbons (Fsp3) is 0.882. The van der Waals surface area contributed by atoms with Crippen LogP contribution in [0.4, 0.5) is 0 Å². The van der Waals surface area contributed by atoms with E-state index in [1.165, 1.54) is 7.11 Å². The largest absolute Gasteiger partial charge is 0.469 e. The van der Waals surface area contributed by atoms with Crippen LogP contribution in [-0.4, -0.2) is 68.9 Å². The molecule has 4 saturated carbocycles. The quantitative estimate of drug-likeness (QED) is 0.199. The van der Waals surface area contributed by atoms with Crippen molar-refractivity contribution in [3.05, 3.63) is 0 Å². The van der Waals surface area contributed by atoms with Gasteiger partial charge in [-0.15, -0.1) is 0 Å². The Morgan fingerprint density at radius 3 is 2.00 bits per heavy atom. The minimum Gasteiger partial charge on any atom is -0.469 e. The highest BCUT2D eigenvalue weighted by atomic mass is 16.6. The van der Waals surface area contributed by atoms with E-state index in [1.54, 1.807) is 0 Å². The average Bonchev–Trinajstić information content (AvgIpc) is 3.35. The Morgan fingerprint density at radius 1 is 0.756 bits per heavy atom. The number of carbonyl (C=O) groups is 4. The topological polar surface area (TPSA) is 183 Å². The number of fused-ring (bicyclic) bond motifs is 5. The van der Waals surface area contributed by atoms with Gasteiger partial charge in [0.2, 0.25) is 0 Å². The third-order valence-electron chi connectivity index (χ3n) is 12.4. The summed E-state index contributed by atoms with van der Waals surface area (Å²) in [5, 5.41) is 0. The van der Waals surface area contributed by atoms with E-state index in [0.717, 1.165) is 25.7 Å². The van der Waals surface area contributed by atoms with Crippen LogP contribution < -0.4 is 17.2 Å². The predicted octanol–water partition coefficient (Wildman–Crippen LogP) is 3.24. The molecule has 4 aliphatic rings. The zero-order valence-corrected chi connectivity index (χ0v) is 27.8. The molecule has 4 fully saturated rings. The molecule has 0 amide bonds. The maximum absolute atomic E-state index is 13.1. The number of methoxy groups -OCH3 is 1. The van der Waals surface area contributed by atoms with E-state index in [2.05, 4.69) is 20.8 Å². The van der Waals surface area contributed by atoms with Crippen molar-refractivity contribution in [1.29, 1.82) is 0 Å². The second-order valence-electron chi connectivity index (χ2n) is 14.6. The summed E-state index contributed by atoms with van der Waals surface area (Å²) in [6, 6.07) is 0. The molecule has 0 aromatic heterocycles. The molecule has 4 rings (SSSR count). The van der Waals surface area contributed by atoms with Gasteiger partial charge in [0.15, 0.2) is 0 Å². The lowest BCUT2D eigenvalue weighted by atomic mass is 9.43. The number of carbonyl (C=O) groups excluding carboxylic acids is 4. The van der Waals surface area contributed by atoms with Gasteiger partial charge in [-0.05, 0) is 86.4 Å². The van der Waals surface area contributed by atoms with Crippen LogP contribution in [0.2, 0.25) is 0 Å². The van der Waals surface area contributed by atoms with Crippen LogP contribution in [0, 0.1) is 46.3 Å². The minimum absolute atomic E-state index is 0.0941. The van der Waals surface area contributed by atoms with E-state index in [4.69, 9.17) is 36.1 Å². The van der Waals surface area contributed by atoms with Crippen LogP contribution in [0.5, 0.6) is 0 Å². The number of rotatable bonds is 13. The van der Waals surface area contributed by atoms with E-state index in [1.807, 2.05) is 0 Å². The van der Waals surface area contributed by atoms with Gasteiger partial charge in [-0.25, -0.2) is 0 Å². The smallest absolute Gasteiger partial charge is 0.307 e. The van der Waals surface area contributed by atoms with E-state index in [9.17, 15) is 19.2 Å². The van der Waals surface area contributed by atoms with Gasteiger partial charge < -0.3 is 36.1 Å². The molecule has 256 valence electrons. The van der Waals surface area contributed by atoms with Crippen molar-refractivity contribution in [3.63, 3.8) is 0 Å². The fourth-order valence-electron chi connectivity index (χ4n) is 10.2. The van der Waals surface area contributed by atoms with Crippen LogP contribution >= 0.6 is 0 Å². The zero-order valence-electron chi connectivity index (χ0n) is 27.8. The highest BCUT2D eigenvalue weighted by Gasteiger charge is 2.67. The molecule has 2 unspecified atom stereocenters. The predicted molar refractivity (Wildman–Crippen MR) is 167 cm³/mol. The van der Waals surface area contributed by atoms with Gasteiger partial charge in [0, 0.05) is 37.4 Å². The average molecular weight is 636 g/mol. The summed E-state index contributed by atoms with van der Waals surface area (Å²) >= 11 is 0. The minimum atomic E-state index is -0.363. The first-order valence-corrected chi connectivity index (χ1v) is 17.2. The first-order chi connectivity index (χ1) is 21.4. The van der Waals surface area contributed by atoms with Gasteiger partial charge in [-0.3, -0.25) is 19.2 Å². The molecule has 0 aliphatic heterocycles. The van der Waals surface area contributed by atoms with Crippen molar-refractivity contribution >= 4 is 23.9 Å². The SMILES string of the molecule is COC(=O)CC[C@@H](C)[C@H]1CC[C@H]2C3[C@H](OC(=O)CCN)CC4C[C@H](OC(=O)CCN)CC[C@]4(C)[C@H]3C[C@H](OC(=O)CCN)[C@]12C. The molecule has 45 heavy (non-hydrogen) atoms. The van der Waals surface area contributed by atoms with Gasteiger partial charge in [0.1, 0.15) is 18.3 Å². The summed E-state index contributed by atoms with van der Waals surface area (Å²) in [5.74, 6) is -0.0861. The summed E-state index contributed by atoms with van der Waals surface area (Å²) < 4.78 is 23.5. The molecule has 0 aromatic carbocycles. The van der Waals surface area contributed by atoms with Crippen molar-refractivity contribution in [3.8, 4) is 0 Å². The van der Waals surface area contributed by atoms with Gasteiger partial charge in [0.25, 0.3) is 0 Å². The van der Waals surface area contributed by atoms with Crippen molar-refractivity contribution in [1.82, 2.24) is 0 Å². The zero-order chi connectivity index (χ0) is 32.9. The third-order valence-corrected chi connectivity index (χ3v) is 12.4. The summed E-state index contributed by atoms with van der Waals surface area (Å²) in [4.78, 5) is 50.5. The van der Waals surface area contributed by atoms with Crippen molar-refractivity contribution in [2.24, 2.45) is 63.5 Å². The summed E-state index contributed by atoms with van der Waals surface area (Å²) in [7, 11) is 1.41. The Labute approximate surface area is 268 Å². The molecule has 0 aromatic rings. The Balaban J connectivity index is 1.70. The van der Waals surface area contributed by atoms with E-state index >= 15 is 0 Å². The Hall–Kier alpha value is -2.24. The molecule has 0 heterocycles. The maximum atomic E-state index is 13.1. The molecule has 11 nitrogen and oxygen atoms in total. The Bertz CT molecular complexity index is 1070. The van der Waals surface area contributed by atoms with Gasteiger partial charge in [0.05, 0.1) is 26.4 Å². The summed E-state index contributed by atoms with van der Waals surface area (Å²) in [6.07, 6.45) is 6.29. The van der Waals surface area contributed by atoms with Crippen LogP contribution in [0.1, 0.15) is 97.8 Å². The molecule has 11 atom stereocenters. The fourth-order valence-corrected chi connectivity index (χ4v) is 10.2. The van der Waals surface area contributed by atoms with Gasteiger partial charge >= 0.3 is 23.9 Å². The molecule has 0 radical (unpaired) electrons. The van der Waals surface area contributed by atoms with E-state index < -0.39 is 0 Å². The Kier molecular flexibility index (Phi) is 12.0. The monoisotopic (exact) mass is 635 g/mol. The van der Waals surface area contributed by atoms with Crippen molar-refractivity contribution in [2.45, 2.75) is 116 Å². The number of ether oxygens (including phenoxy) is 4. The van der Waals surface area contributed by atoms with Gasteiger partial charge in [-0.2, -0.15) is 0 Å². The van der Waals surface area contributed by atoms with E-state index in [0.29, 0.717) is 32.1 Å². The first kappa shape index (κ1) is 35.6. The highest BCUT2D eigenvalue weighted by Crippen LogP contribution is 2.69. The molecule has 0 bridgehead atoms. The number of nitrogens with two attached hydrogens (primary N) is 3. The number of hydrogen-bond acceptors (Lipinski definition) is 11. The normalized spacial score (nSPS) is 37.8. The lowest BCUT2D eigenvalue weighted by Gasteiger charge is -2.64. The second-order valence-corrected chi connectivity index (χ2v) is 14.6. The molecule has 0 spiro atoms. The van der Waals surface area contributed by atoms with Crippen molar-refractivity contribution in [2.75, 3.05) is 26.7 Å². The van der Waals surface area contributed by atoms with Crippen LogP contribution in [0.25, 0.3) is 0 Å². The van der Waals surface area contributed by atoms with Crippen molar-refractivity contribution < 1.29 is 38.1 Å². The third kappa shape index (κ3) is 7.35. The second kappa shape index (κ2) is 15.1. The molecule has 6 N–H and O–H groups in total. The first-order valence-electron chi connectivity index (χ1n) is 17.2. The number of esters is 4. The molecular formula is C34H57N3O8. The highest BCUT2D eigenvalue weighted by molar-refractivity contribution is 5.71. The summed E-state index contributed by atoms with van der Waals surface area (Å²) in [6.45, 7) is 7.50. The standard InChI is InChI=1S/C34H57N3O8/c1-20(5-8-28(38)42-4)23-6-7-24-32-25(19-27(34(23,24)3)45-31(41)12-16-37)33(2)13-9-22(43-29(39)10-14-35)17-21(33)18-26(32)44-30(40)11-15-36/h20-27,32H,5-19,35-37H2,1-4H3/t20-,21?,22-,23-,24+,25+,26-,27+,32?,33+,34-/m1/s1. The molecule has 11 heteroatoms. The Morgan fingerprint density at radius 2 is 1.38 bits per heavy atom.